The lowest BCUT2D eigenvalue weighted by Gasteiger charge is -2.18. The Balaban J connectivity index is 2.22. The van der Waals surface area contributed by atoms with Gasteiger partial charge in [-0.15, -0.1) is 0 Å². The molecule has 1 heterocycles. The van der Waals surface area contributed by atoms with E-state index < -0.39 is 38.9 Å². The van der Waals surface area contributed by atoms with Gasteiger partial charge in [-0.25, -0.2) is 13.4 Å². The van der Waals surface area contributed by atoms with Crippen molar-refractivity contribution in [3.8, 4) is 0 Å². The molecule has 0 spiro atoms. The van der Waals surface area contributed by atoms with E-state index >= 15 is 0 Å². The Hall–Kier alpha value is -3.47. The third kappa shape index (κ3) is 4.54. The van der Waals surface area contributed by atoms with E-state index in [1.54, 1.807) is 0 Å². The van der Waals surface area contributed by atoms with Gasteiger partial charge in [0.1, 0.15) is 0 Å². The first-order chi connectivity index (χ1) is 15.3. The summed E-state index contributed by atoms with van der Waals surface area (Å²) in [6, 6.07) is 6.80. The smallest absolute Gasteiger partial charge is 0.416 e. The minimum atomic E-state index is -4.55. The van der Waals surface area contributed by atoms with Crippen LogP contribution < -0.4 is 0 Å². The Bertz CT molecular complexity index is 1240. The number of pyridine rings is 1. The molecule has 0 radical (unpaired) electrons. The zero-order valence-corrected chi connectivity index (χ0v) is 18.5. The third-order valence-electron chi connectivity index (χ3n) is 5.03. The van der Waals surface area contributed by atoms with Gasteiger partial charge >= 0.3 is 18.1 Å². The number of hydrogen-bond acceptors (Lipinski definition) is 7. The molecule has 0 amide bonds. The van der Waals surface area contributed by atoms with E-state index in [1.807, 2.05) is 0 Å². The minimum Gasteiger partial charge on any atom is -0.468 e. The standard InChI is InChI=1S/C22H18F3NO6S/c1-31-19(27)21(20(28)32-2)10-16(13-4-7-15(8-5-13)22(23,24)25)17(11-21)14-6-9-18(26-12-14)33(3,29)30/h4-12H,1-3H3. The number of nitrogens with zero attached hydrogens (tertiary/aromatic N) is 1. The van der Waals surface area contributed by atoms with E-state index in [0.717, 1.165) is 32.6 Å². The first-order valence-corrected chi connectivity index (χ1v) is 11.2. The van der Waals surface area contributed by atoms with Gasteiger partial charge in [-0.2, -0.15) is 13.2 Å². The number of alkyl halides is 3. The zero-order chi connectivity index (χ0) is 24.6. The van der Waals surface area contributed by atoms with Gasteiger partial charge in [0.2, 0.25) is 5.41 Å². The van der Waals surface area contributed by atoms with Crippen molar-refractivity contribution in [3.05, 3.63) is 71.4 Å². The van der Waals surface area contributed by atoms with Crippen molar-refractivity contribution in [2.24, 2.45) is 5.41 Å². The molecule has 3 rings (SSSR count). The second-order valence-corrected chi connectivity index (χ2v) is 9.16. The molecule has 11 heteroatoms. The average Bonchev–Trinajstić information content (AvgIpc) is 3.19. The minimum absolute atomic E-state index is 0.197. The number of halogens is 3. The number of hydrogen-bond donors (Lipinski definition) is 0. The number of aromatic nitrogens is 1. The molecule has 1 aliphatic carbocycles. The Labute approximate surface area is 187 Å². The molecule has 0 aliphatic heterocycles. The zero-order valence-electron chi connectivity index (χ0n) is 17.6. The molecule has 7 nitrogen and oxygen atoms in total. The SMILES string of the molecule is COC(=O)C1(C(=O)OC)C=C(c2ccc(C(F)(F)F)cc2)C(c2ccc(S(C)(=O)=O)nc2)=C1. The van der Waals surface area contributed by atoms with Crippen LogP contribution in [0, 0.1) is 5.41 Å². The fourth-order valence-electron chi connectivity index (χ4n) is 3.38. The van der Waals surface area contributed by atoms with Gasteiger partial charge in [0.25, 0.3) is 0 Å². The summed E-state index contributed by atoms with van der Waals surface area (Å²) in [7, 11) is -1.43. The predicted octanol–water partition coefficient (Wildman–Crippen LogP) is 3.32. The van der Waals surface area contributed by atoms with Gasteiger partial charge in [-0.1, -0.05) is 12.1 Å². The maximum Gasteiger partial charge on any atom is 0.416 e. The summed E-state index contributed by atoms with van der Waals surface area (Å²) in [5, 5.41) is -0.197. The summed E-state index contributed by atoms with van der Waals surface area (Å²) < 4.78 is 72.0. The van der Waals surface area contributed by atoms with Gasteiger partial charge in [0.05, 0.1) is 19.8 Å². The normalized spacial score (nSPS) is 15.5. The first kappa shape index (κ1) is 24.2. The first-order valence-electron chi connectivity index (χ1n) is 9.30. The third-order valence-corrected chi connectivity index (χ3v) is 6.03. The molecule has 2 aromatic rings. The van der Waals surface area contributed by atoms with E-state index in [1.165, 1.54) is 42.6 Å². The van der Waals surface area contributed by atoms with Crippen molar-refractivity contribution in [2.45, 2.75) is 11.2 Å². The molecule has 0 saturated heterocycles. The summed E-state index contributed by atoms with van der Waals surface area (Å²) >= 11 is 0. The topological polar surface area (TPSA) is 99.6 Å². The maximum absolute atomic E-state index is 13.0. The lowest BCUT2D eigenvalue weighted by molar-refractivity contribution is -0.161. The quantitative estimate of drug-likeness (QED) is 0.477. The Morgan fingerprint density at radius 2 is 1.36 bits per heavy atom. The predicted molar refractivity (Wildman–Crippen MR) is 111 cm³/mol. The molecule has 174 valence electrons. The lowest BCUT2D eigenvalue weighted by atomic mass is 9.89. The Morgan fingerprint density at radius 3 is 1.76 bits per heavy atom. The highest BCUT2D eigenvalue weighted by Crippen LogP contribution is 2.46. The molecular formula is C22H18F3NO6S. The highest BCUT2D eigenvalue weighted by molar-refractivity contribution is 7.90. The van der Waals surface area contributed by atoms with E-state index in [0.29, 0.717) is 5.56 Å². The van der Waals surface area contributed by atoms with Crippen molar-refractivity contribution in [3.63, 3.8) is 0 Å². The van der Waals surface area contributed by atoms with Crippen LogP contribution in [0.25, 0.3) is 11.1 Å². The fourth-order valence-corrected chi connectivity index (χ4v) is 3.94. The molecule has 33 heavy (non-hydrogen) atoms. The molecule has 0 bridgehead atoms. The number of esters is 2. The number of ether oxygens (including phenoxy) is 2. The van der Waals surface area contributed by atoms with Crippen LogP contribution in [0.4, 0.5) is 13.2 Å². The molecule has 0 fully saturated rings. The van der Waals surface area contributed by atoms with E-state index in [9.17, 15) is 31.2 Å². The van der Waals surface area contributed by atoms with Crippen molar-refractivity contribution in [2.75, 3.05) is 20.5 Å². The van der Waals surface area contributed by atoms with Crippen LogP contribution in [0.1, 0.15) is 16.7 Å². The summed E-state index contributed by atoms with van der Waals surface area (Å²) in [4.78, 5) is 29.1. The largest absolute Gasteiger partial charge is 0.468 e. The molecule has 1 aromatic carbocycles. The van der Waals surface area contributed by atoms with Crippen molar-refractivity contribution in [1.29, 1.82) is 0 Å². The fraction of sp³-hybridized carbons (Fsp3) is 0.227. The summed E-state index contributed by atoms with van der Waals surface area (Å²) in [5.41, 5.74) is -1.76. The lowest BCUT2D eigenvalue weighted by Crippen LogP contribution is -2.36. The van der Waals surface area contributed by atoms with E-state index in [2.05, 4.69) is 4.98 Å². The van der Waals surface area contributed by atoms with Gasteiger partial charge in [-0.05, 0) is 53.1 Å². The molecule has 0 N–H and O–H groups in total. The van der Waals surface area contributed by atoms with Crippen LogP contribution in [-0.2, 0) is 35.1 Å². The number of carbonyl (C=O) groups excluding carboxylic acids is 2. The molecule has 0 saturated carbocycles. The summed E-state index contributed by atoms with van der Waals surface area (Å²) in [6.07, 6.45) is 0.165. The molecule has 0 atom stereocenters. The van der Waals surface area contributed by atoms with Crippen LogP contribution >= 0.6 is 0 Å². The summed E-state index contributed by atoms with van der Waals surface area (Å²) in [6.45, 7) is 0. The van der Waals surface area contributed by atoms with Crippen molar-refractivity contribution >= 4 is 32.9 Å². The van der Waals surface area contributed by atoms with Gasteiger partial charge in [0, 0.05) is 18.0 Å². The van der Waals surface area contributed by atoms with E-state index in [-0.39, 0.29) is 21.7 Å². The second-order valence-electron chi connectivity index (χ2n) is 7.20. The highest BCUT2D eigenvalue weighted by atomic mass is 32.2. The van der Waals surface area contributed by atoms with Crippen LogP contribution in [-0.4, -0.2) is 45.8 Å². The van der Waals surface area contributed by atoms with E-state index in [4.69, 9.17) is 9.47 Å². The Kier molecular flexibility index (Phi) is 6.20. The Morgan fingerprint density at radius 1 is 0.879 bits per heavy atom. The molecule has 0 unspecified atom stereocenters. The van der Waals surface area contributed by atoms with Crippen molar-refractivity contribution in [1.82, 2.24) is 4.98 Å². The number of benzene rings is 1. The number of methoxy groups -OCH3 is 2. The van der Waals surface area contributed by atoms with Gasteiger partial charge < -0.3 is 9.47 Å². The molecule has 1 aromatic heterocycles. The molecule has 1 aliphatic rings. The monoisotopic (exact) mass is 481 g/mol. The average molecular weight is 481 g/mol. The highest BCUT2D eigenvalue weighted by Gasteiger charge is 2.49. The van der Waals surface area contributed by atoms with Crippen molar-refractivity contribution < 1.29 is 40.7 Å². The van der Waals surface area contributed by atoms with Crippen LogP contribution in [0.15, 0.2) is 59.8 Å². The van der Waals surface area contributed by atoms with Gasteiger partial charge in [0.15, 0.2) is 14.9 Å². The number of rotatable bonds is 5. The van der Waals surface area contributed by atoms with Crippen LogP contribution in [0.5, 0.6) is 0 Å². The number of carbonyl (C=O) groups is 2. The van der Waals surface area contributed by atoms with Gasteiger partial charge in [-0.3, -0.25) is 9.59 Å². The number of sulfone groups is 1. The molecular weight excluding hydrogens is 463 g/mol. The van der Waals surface area contributed by atoms with Crippen LogP contribution in [0.2, 0.25) is 0 Å². The van der Waals surface area contributed by atoms with Crippen LogP contribution in [0.3, 0.4) is 0 Å². The number of allylic oxidation sites excluding steroid dienone is 2. The maximum atomic E-state index is 13.0. The summed E-state index contributed by atoms with van der Waals surface area (Å²) in [5.74, 6) is -1.93. The second kappa shape index (κ2) is 8.47.